The number of aliphatic hydroxyl groups is 2. The van der Waals surface area contributed by atoms with Crippen LogP contribution in [0.1, 0.15) is 23.1 Å². The van der Waals surface area contributed by atoms with Crippen molar-refractivity contribution in [3.05, 3.63) is 16.2 Å². The first-order valence-electron chi connectivity index (χ1n) is 5.92. The second kappa shape index (κ2) is 4.37. The van der Waals surface area contributed by atoms with E-state index in [9.17, 15) is 14.7 Å². The van der Waals surface area contributed by atoms with E-state index >= 15 is 0 Å². The number of imidazole rings is 1. The maximum Gasteiger partial charge on any atom is 0.329 e. The van der Waals surface area contributed by atoms with Gasteiger partial charge >= 0.3 is 5.69 Å². The van der Waals surface area contributed by atoms with E-state index in [1.165, 1.54) is 4.57 Å². The fourth-order valence-electron chi connectivity index (χ4n) is 2.39. The molecule has 9 nitrogen and oxygen atoms in total. The second-order valence-corrected chi connectivity index (χ2v) is 4.50. The van der Waals surface area contributed by atoms with Crippen LogP contribution in [0.25, 0.3) is 0 Å². The summed E-state index contributed by atoms with van der Waals surface area (Å²) in [6.07, 6.45) is -2.10. The van der Waals surface area contributed by atoms with E-state index in [4.69, 9.17) is 9.84 Å². The zero-order valence-corrected chi connectivity index (χ0v) is 9.92. The van der Waals surface area contributed by atoms with Crippen molar-refractivity contribution in [3.8, 4) is 0 Å². The molecule has 1 saturated heterocycles. The number of aromatic amines is 1. The van der Waals surface area contributed by atoms with Gasteiger partial charge in [-0.05, 0) is 0 Å². The molecule has 0 bridgehead atoms. The number of nitrogens with one attached hydrogen (secondary N) is 3. The van der Waals surface area contributed by atoms with Crippen molar-refractivity contribution in [2.75, 3.05) is 18.6 Å². The third-order valence-electron chi connectivity index (χ3n) is 3.33. The molecule has 5 N–H and O–H groups in total. The summed E-state index contributed by atoms with van der Waals surface area (Å²) in [6, 6.07) is 0. The number of H-pyrrole nitrogens is 1. The Balaban J connectivity index is 1.98. The van der Waals surface area contributed by atoms with Crippen LogP contribution in [0.15, 0.2) is 4.79 Å². The normalized spacial score (nSPS) is 29.8. The Morgan fingerprint density at radius 3 is 2.84 bits per heavy atom. The van der Waals surface area contributed by atoms with Crippen LogP contribution in [0, 0.1) is 0 Å². The van der Waals surface area contributed by atoms with Gasteiger partial charge in [0.2, 0.25) is 0 Å². The lowest BCUT2D eigenvalue weighted by atomic mass is 10.2. The minimum Gasteiger partial charge on any atom is -0.394 e. The largest absolute Gasteiger partial charge is 0.394 e. The first-order chi connectivity index (χ1) is 9.11. The van der Waals surface area contributed by atoms with Crippen molar-refractivity contribution in [1.82, 2.24) is 14.9 Å². The van der Waals surface area contributed by atoms with E-state index < -0.39 is 24.1 Å². The lowest BCUT2D eigenvalue weighted by molar-refractivity contribution is -0.0447. The van der Waals surface area contributed by atoms with Crippen molar-refractivity contribution < 1.29 is 19.7 Å². The molecule has 1 fully saturated rings. The molecule has 2 aliphatic rings. The average Bonchev–Trinajstić information content (AvgIpc) is 2.90. The molecule has 19 heavy (non-hydrogen) atoms. The quantitative estimate of drug-likeness (QED) is 0.420. The lowest BCUT2D eigenvalue weighted by Gasteiger charge is -2.19. The number of nitrogens with zero attached hydrogens (tertiary/aromatic N) is 1. The zero-order chi connectivity index (χ0) is 13.6. The van der Waals surface area contributed by atoms with Gasteiger partial charge in [0.1, 0.15) is 23.8 Å². The van der Waals surface area contributed by atoms with Gasteiger partial charge in [-0.3, -0.25) is 14.3 Å². The van der Waals surface area contributed by atoms with Crippen molar-refractivity contribution >= 4 is 11.7 Å². The van der Waals surface area contributed by atoms with Crippen LogP contribution >= 0.6 is 0 Å². The Hall–Kier alpha value is -1.84. The number of hydrogen-bond acceptors (Lipinski definition) is 6. The van der Waals surface area contributed by atoms with Gasteiger partial charge in [-0.1, -0.05) is 0 Å². The fraction of sp³-hybridized carbons (Fsp3) is 0.600. The number of anilines is 1. The minimum atomic E-state index is -0.843. The number of rotatable bonds is 2. The van der Waals surface area contributed by atoms with Gasteiger partial charge in [0.15, 0.2) is 0 Å². The molecule has 104 valence electrons. The van der Waals surface area contributed by atoms with Gasteiger partial charge in [0.05, 0.1) is 19.4 Å². The van der Waals surface area contributed by atoms with Crippen molar-refractivity contribution in [2.24, 2.45) is 0 Å². The van der Waals surface area contributed by atoms with E-state index in [0.717, 1.165) is 0 Å². The highest BCUT2D eigenvalue weighted by atomic mass is 16.5. The molecular formula is C10H14N4O5. The van der Waals surface area contributed by atoms with Crippen LogP contribution in [-0.2, 0) is 4.74 Å². The van der Waals surface area contributed by atoms with Gasteiger partial charge < -0.3 is 25.6 Å². The molecule has 9 heteroatoms. The SMILES string of the molecule is O=C1NCNc2c1[nH]c(=O)n2C1C[C@@H](O)C(CO)O1. The minimum absolute atomic E-state index is 0.141. The van der Waals surface area contributed by atoms with Crippen LogP contribution in [0.4, 0.5) is 5.82 Å². The van der Waals surface area contributed by atoms with Crippen LogP contribution in [0.3, 0.4) is 0 Å². The summed E-state index contributed by atoms with van der Waals surface area (Å²) >= 11 is 0. The Morgan fingerprint density at radius 2 is 2.16 bits per heavy atom. The average molecular weight is 270 g/mol. The number of ether oxygens (including phenoxy) is 1. The number of aromatic nitrogens is 2. The maximum absolute atomic E-state index is 11.9. The van der Waals surface area contributed by atoms with Crippen LogP contribution in [0.2, 0.25) is 0 Å². The van der Waals surface area contributed by atoms with E-state index in [1.807, 2.05) is 0 Å². The molecule has 0 radical (unpaired) electrons. The van der Waals surface area contributed by atoms with E-state index in [1.54, 1.807) is 0 Å². The molecule has 2 unspecified atom stereocenters. The molecule has 3 atom stereocenters. The predicted octanol–water partition coefficient (Wildman–Crippen LogP) is -2.07. The first kappa shape index (κ1) is 12.2. The van der Waals surface area contributed by atoms with Gasteiger partial charge in [-0.25, -0.2) is 4.79 Å². The summed E-state index contributed by atoms with van der Waals surface area (Å²) < 4.78 is 6.68. The summed E-state index contributed by atoms with van der Waals surface area (Å²) in [7, 11) is 0. The second-order valence-electron chi connectivity index (χ2n) is 4.50. The molecule has 1 aromatic heterocycles. The fourth-order valence-corrected chi connectivity index (χ4v) is 2.39. The number of hydrogen-bond donors (Lipinski definition) is 5. The van der Waals surface area contributed by atoms with Gasteiger partial charge in [-0.15, -0.1) is 0 Å². The monoisotopic (exact) mass is 270 g/mol. The summed E-state index contributed by atoms with van der Waals surface area (Å²) in [5, 5.41) is 24.2. The van der Waals surface area contributed by atoms with Gasteiger partial charge in [0.25, 0.3) is 5.91 Å². The number of amides is 1. The van der Waals surface area contributed by atoms with E-state index in [0.29, 0.717) is 5.82 Å². The molecule has 1 aromatic rings. The molecule has 0 aliphatic carbocycles. The third-order valence-corrected chi connectivity index (χ3v) is 3.33. The van der Waals surface area contributed by atoms with Gasteiger partial charge in [-0.2, -0.15) is 0 Å². The molecule has 3 heterocycles. The third kappa shape index (κ3) is 1.82. The molecule has 3 rings (SSSR count). The topological polar surface area (TPSA) is 129 Å². The van der Waals surface area contributed by atoms with E-state index in [-0.39, 0.29) is 31.3 Å². The van der Waals surface area contributed by atoms with Gasteiger partial charge in [0, 0.05) is 6.42 Å². The molecule has 1 amide bonds. The molecule has 2 aliphatic heterocycles. The summed E-state index contributed by atoms with van der Waals surface area (Å²) in [5.41, 5.74) is -0.355. The molecule has 0 aromatic carbocycles. The lowest BCUT2D eigenvalue weighted by Crippen LogP contribution is -2.36. The highest BCUT2D eigenvalue weighted by Gasteiger charge is 2.38. The Bertz CT molecular complexity index is 565. The zero-order valence-electron chi connectivity index (χ0n) is 9.92. The number of aliphatic hydroxyl groups excluding tert-OH is 2. The Labute approximate surface area is 107 Å². The Kier molecular flexibility index (Phi) is 2.81. The van der Waals surface area contributed by atoms with Crippen LogP contribution in [0.5, 0.6) is 0 Å². The Morgan fingerprint density at radius 1 is 1.37 bits per heavy atom. The highest BCUT2D eigenvalue weighted by molar-refractivity contribution is 5.98. The summed E-state index contributed by atoms with van der Waals surface area (Å²) in [5.74, 6) is -0.0357. The number of fused-ring (bicyclic) bond motifs is 1. The molecule has 0 saturated carbocycles. The number of carbonyl (C=O) groups is 1. The van der Waals surface area contributed by atoms with Crippen molar-refractivity contribution in [1.29, 1.82) is 0 Å². The van der Waals surface area contributed by atoms with Crippen LogP contribution < -0.4 is 16.3 Å². The highest BCUT2D eigenvalue weighted by Crippen LogP contribution is 2.31. The summed E-state index contributed by atoms with van der Waals surface area (Å²) in [4.78, 5) is 25.9. The summed E-state index contributed by atoms with van der Waals surface area (Å²) in [6.45, 7) is -0.116. The van der Waals surface area contributed by atoms with Crippen LogP contribution in [-0.4, -0.2) is 51.2 Å². The first-order valence-corrected chi connectivity index (χ1v) is 5.92. The molecule has 0 spiro atoms. The predicted molar refractivity (Wildman–Crippen MR) is 62.6 cm³/mol. The van der Waals surface area contributed by atoms with Crippen molar-refractivity contribution in [2.45, 2.75) is 24.9 Å². The molecular weight excluding hydrogens is 256 g/mol. The maximum atomic E-state index is 11.9. The van der Waals surface area contributed by atoms with Crippen molar-refractivity contribution in [3.63, 3.8) is 0 Å². The smallest absolute Gasteiger partial charge is 0.329 e. The van der Waals surface area contributed by atoms with E-state index in [2.05, 4.69) is 15.6 Å². The number of carbonyl (C=O) groups excluding carboxylic acids is 1. The standard InChI is InChI=1S/C10H14N4O5/c15-2-5-4(16)1-6(19-5)14-8-7(13-10(14)18)9(17)12-3-11-8/h4-6,11,15-16H,1-3H2,(H,12,17)(H,13,18)/t4-,5?,6?/m1/s1.